The van der Waals surface area contributed by atoms with Crippen molar-refractivity contribution in [2.45, 2.75) is 45.4 Å². The number of hydrogen-bond donors (Lipinski definition) is 4. The standard InChI is InChI=1S/C15H13NO.C14H11NO2.2C11H16O2S/c1-2-16-13-9-5-3-7-11(13)15(17)12-8-4-6-10-14(12)16;1-2-15-13(16)10-7-3-5-9-6-4-8-11(12(9)10)14(15)17;2*12-8-11(13)9-14-7-6-10-4-2-1-3-5-10/h3-10H,2H2,1H3;3-8H,2H2,1H3;2*1-5,11-13H,6-9H2. The molecule has 324 valence electrons. The second kappa shape index (κ2) is 25.0. The van der Waals surface area contributed by atoms with Crippen LogP contribution in [0.3, 0.4) is 0 Å². The number of aliphatic hydroxyl groups excluding tert-OH is 4. The van der Waals surface area contributed by atoms with E-state index < -0.39 is 12.2 Å². The summed E-state index contributed by atoms with van der Waals surface area (Å²) in [6, 6.07) is 47.2. The summed E-state index contributed by atoms with van der Waals surface area (Å²) in [5.41, 5.74) is 6.04. The van der Waals surface area contributed by atoms with Crippen LogP contribution >= 0.6 is 23.5 Å². The average Bonchev–Trinajstić information content (AvgIpc) is 3.32. The van der Waals surface area contributed by atoms with E-state index in [-0.39, 0.29) is 30.5 Å². The number of fused-ring (bicyclic) bond motifs is 2. The number of aryl methyl sites for hydroxylation is 3. The van der Waals surface area contributed by atoms with Gasteiger partial charge in [-0.3, -0.25) is 19.3 Å². The van der Waals surface area contributed by atoms with Crippen molar-refractivity contribution in [3.8, 4) is 0 Å². The largest absolute Gasteiger partial charge is 0.394 e. The molecule has 6 aromatic carbocycles. The van der Waals surface area contributed by atoms with Gasteiger partial charge in [-0.05, 0) is 91.1 Å². The molecule has 8 rings (SSSR count). The van der Waals surface area contributed by atoms with Crippen LogP contribution in [-0.4, -0.2) is 96.7 Å². The van der Waals surface area contributed by atoms with Crippen LogP contribution in [0.25, 0.3) is 32.6 Å². The number of imide groups is 1. The fraction of sp³-hybridized carbons (Fsp3) is 0.275. The van der Waals surface area contributed by atoms with Crippen molar-refractivity contribution in [1.82, 2.24) is 9.47 Å². The number of nitrogens with zero attached hydrogens (tertiary/aromatic N) is 2. The van der Waals surface area contributed by atoms with Crippen LogP contribution in [0.15, 0.2) is 150 Å². The Kier molecular flexibility index (Phi) is 19.3. The molecular weight excluding hydrogens is 817 g/mol. The monoisotopic (exact) mass is 872 g/mol. The Morgan fingerprint density at radius 1 is 0.516 bits per heavy atom. The molecule has 0 saturated carbocycles. The number of rotatable bonds is 14. The van der Waals surface area contributed by atoms with Gasteiger partial charge in [0.15, 0.2) is 5.43 Å². The lowest BCUT2D eigenvalue weighted by atomic mass is 9.94. The van der Waals surface area contributed by atoms with Crippen LogP contribution in [0.4, 0.5) is 0 Å². The maximum Gasteiger partial charge on any atom is 0.261 e. The average molecular weight is 873 g/mol. The van der Waals surface area contributed by atoms with Crippen LogP contribution in [-0.2, 0) is 19.4 Å². The minimum absolute atomic E-state index is 0.126. The number of thioether (sulfide) groups is 2. The van der Waals surface area contributed by atoms with Crippen LogP contribution in [0.1, 0.15) is 45.7 Å². The number of hydrogen-bond acceptors (Lipinski definition) is 9. The van der Waals surface area contributed by atoms with Crippen molar-refractivity contribution in [3.63, 3.8) is 0 Å². The Labute approximate surface area is 372 Å². The summed E-state index contributed by atoms with van der Waals surface area (Å²) < 4.78 is 2.19. The molecule has 1 aromatic heterocycles. The number of aromatic nitrogens is 1. The van der Waals surface area contributed by atoms with Crippen molar-refractivity contribution in [2.75, 3.05) is 42.8 Å². The lowest BCUT2D eigenvalue weighted by molar-refractivity contribution is 0.0619. The highest BCUT2D eigenvalue weighted by molar-refractivity contribution is 7.99. The topological polar surface area (TPSA) is 140 Å². The number of pyridine rings is 1. The Bertz CT molecular complexity index is 2390. The molecule has 2 unspecified atom stereocenters. The summed E-state index contributed by atoms with van der Waals surface area (Å²) in [4.78, 5) is 37.9. The van der Waals surface area contributed by atoms with Gasteiger partial charge in [0.05, 0.1) is 36.5 Å². The van der Waals surface area contributed by atoms with Gasteiger partial charge in [0, 0.05) is 51.9 Å². The number of carbonyl (C=O) groups excluding carboxylic acids is 2. The van der Waals surface area contributed by atoms with E-state index in [2.05, 4.69) is 35.8 Å². The summed E-state index contributed by atoms with van der Waals surface area (Å²) in [5.74, 6) is 2.82. The normalized spacial score (nSPS) is 12.8. The minimum Gasteiger partial charge on any atom is -0.394 e. The highest BCUT2D eigenvalue weighted by Crippen LogP contribution is 2.29. The molecule has 2 amide bonds. The molecule has 0 spiro atoms. The molecule has 2 atom stereocenters. The first-order valence-electron chi connectivity index (χ1n) is 20.9. The first-order valence-corrected chi connectivity index (χ1v) is 23.2. The van der Waals surface area contributed by atoms with Gasteiger partial charge in [-0.25, -0.2) is 0 Å². The fourth-order valence-electron chi connectivity index (χ4n) is 7.00. The summed E-state index contributed by atoms with van der Waals surface area (Å²) in [7, 11) is 0. The maximum absolute atomic E-state index is 12.3. The maximum atomic E-state index is 12.3. The van der Waals surface area contributed by atoms with Gasteiger partial charge in [0.25, 0.3) is 11.8 Å². The van der Waals surface area contributed by atoms with E-state index in [0.29, 0.717) is 29.2 Å². The molecule has 0 saturated heterocycles. The molecule has 0 fully saturated rings. The Morgan fingerprint density at radius 2 is 0.935 bits per heavy atom. The van der Waals surface area contributed by atoms with Gasteiger partial charge < -0.3 is 25.0 Å². The fourth-order valence-corrected chi connectivity index (χ4v) is 8.85. The van der Waals surface area contributed by atoms with Crippen LogP contribution < -0.4 is 5.43 Å². The van der Waals surface area contributed by atoms with Crippen molar-refractivity contribution < 1.29 is 30.0 Å². The molecule has 1 aliphatic heterocycles. The Hall–Kier alpha value is -5.27. The lowest BCUT2D eigenvalue weighted by Crippen LogP contribution is -2.39. The third kappa shape index (κ3) is 12.9. The lowest BCUT2D eigenvalue weighted by Gasteiger charge is -2.25. The predicted octanol–water partition coefficient (Wildman–Crippen LogP) is 8.26. The second-order valence-corrected chi connectivity index (χ2v) is 16.8. The van der Waals surface area contributed by atoms with Gasteiger partial charge in [0.2, 0.25) is 0 Å². The van der Waals surface area contributed by atoms with Gasteiger partial charge in [0.1, 0.15) is 0 Å². The molecule has 7 aromatic rings. The first kappa shape index (κ1) is 47.8. The predicted molar refractivity (Wildman–Crippen MR) is 258 cm³/mol. The number of benzene rings is 6. The van der Waals surface area contributed by atoms with Crippen molar-refractivity contribution in [3.05, 3.63) is 178 Å². The molecule has 0 radical (unpaired) electrons. The highest BCUT2D eigenvalue weighted by atomic mass is 32.2. The molecule has 4 N–H and O–H groups in total. The molecule has 62 heavy (non-hydrogen) atoms. The van der Waals surface area contributed by atoms with Gasteiger partial charge >= 0.3 is 0 Å². The smallest absolute Gasteiger partial charge is 0.261 e. The van der Waals surface area contributed by atoms with Gasteiger partial charge in [-0.15, -0.1) is 0 Å². The molecule has 1 aliphatic rings. The zero-order chi connectivity index (χ0) is 44.3. The van der Waals surface area contributed by atoms with Gasteiger partial charge in [-0.2, -0.15) is 23.5 Å². The molecule has 9 nitrogen and oxygen atoms in total. The van der Waals surface area contributed by atoms with E-state index >= 15 is 0 Å². The van der Waals surface area contributed by atoms with Crippen molar-refractivity contribution in [2.24, 2.45) is 0 Å². The van der Waals surface area contributed by atoms with E-state index in [9.17, 15) is 14.4 Å². The summed E-state index contributed by atoms with van der Waals surface area (Å²) in [6.07, 6.45) is 0.888. The Balaban J connectivity index is 0.000000157. The third-order valence-corrected chi connectivity index (χ3v) is 12.4. The van der Waals surface area contributed by atoms with Crippen LogP contribution in [0.5, 0.6) is 0 Å². The third-order valence-electron chi connectivity index (χ3n) is 10.2. The summed E-state index contributed by atoms with van der Waals surface area (Å²) >= 11 is 3.34. The molecule has 0 bridgehead atoms. The van der Waals surface area contributed by atoms with E-state index in [1.165, 1.54) is 16.0 Å². The second-order valence-electron chi connectivity index (χ2n) is 14.5. The molecule has 0 aliphatic carbocycles. The SMILES string of the molecule is CCN1C(=O)c2cccc3cccc(c23)C1=O.CCn1c2ccccc2c(=O)c2ccccc21.OCC(O)CSCCc1ccccc1.OCC(O)CSCCc1ccccc1. The zero-order valence-corrected chi connectivity index (χ0v) is 36.9. The number of aliphatic hydroxyl groups is 4. The minimum atomic E-state index is -0.573. The van der Waals surface area contributed by atoms with E-state index in [4.69, 9.17) is 20.4 Å². The van der Waals surface area contributed by atoms with E-state index in [0.717, 1.165) is 63.5 Å². The van der Waals surface area contributed by atoms with Crippen molar-refractivity contribution in [1.29, 1.82) is 0 Å². The molecule has 2 heterocycles. The van der Waals surface area contributed by atoms with Crippen LogP contribution in [0.2, 0.25) is 0 Å². The van der Waals surface area contributed by atoms with Crippen molar-refractivity contribution >= 4 is 67.9 Å². The van der Waals surface area contributed by atoms with E-state index in [1.54, 1.807) is 35.7 Å². The number of amides is 2. The summed E-state index contributed by atoms with van der Waals surface area (Å²) in [5, 5.41) is 38.7. The molecular formula is C51H56N2O7S2. The number of carbonyl (C=O) groups is 2. The summed E-state index contributed by atoms with van der Waals surface area (Å²) in [6.45, 7) is 4.90. The number of para-hydroxylation sites is 2. The van der Waals surface area contributed by atoms with Gasteiger partial charge in [-0.1, -0.05) is 109 Å². The quantitative estimate of drug-likeness (QED) is 0.0483. The highest BCUT2D eigenvalue weighted by Gasteiger charge is 2.31. The Morgan fingerprint density at radius 3 is 1.34 bits per heavy atom. The molecule has 11 heteroatoms. The van der Waals surface area contributed by atoms with Crippen LogP contribution in [0, 0.1) is 0 Å². The zero-order valence-electron chi connectivity index (χ0n) is 35.3. The first-order chi connectivity index (χ1) is 30.2. The van der Waals surface area contributed by atoms with E-state index in [1.807, 2.05) is 116 Å².